The fraction of sp³-hybridized carbons (Fsp3) is 0.500. The lowest BCUT2D eigenvalue weighted by Gasteiger charge is -2.36. The molecule has 1 aromatic carbocycles. The number of rotatable bonds is 3. The van der Waals surface area contributed by atoms with Gasteiger partial charge in [-0.25, -0.2) is 0 Å². The van der Waals surface area contributed by atoms with Gasteiger partial charge in [-0.05, 0) is 31.5 Å². The maximum Gasteiger partial charge on any atom is 0.0457 e. The molecule has 0 radical (unpaired) electrons. The molecule has 0 amide bonds. The van der Waals surface area contributed by atoms with E-state index in [-0.39, 0.29) is 0 Å². The van der Waals surface area contributed by atoms with Crippen molar-refractivity contribution in [2.45, 2.75) is 44.3 Å². The largest absolute Gasteiger partial charge is 0.361 e. The van der Waals surface area contributed by atoms with Crippen molar-refractivity contribution in [2.75, 3.05) is 7.05 Å². The summed E-state index contributed by atoms with van der Waals surface area (Å²) in [6.07, 6.45) is 7.15. The molecule has 1 saturated carbocycles. The van der Waals surface area contributed by atoms with Crippen molar-refractivity contribution >= 4 is 10.9 Å². The van der Waals surface area contributed by atoms with Crippen molar-refractivity contribution in [2.24, 2.45) is 5.73 Å². The average Bonchev–Trinajstić information content (AvgIpc) is 2.83. The summed E-state index contributed by atoms with van der Waals surface area (Å²) in [5, 5.41) is 1.33. The van der Waals surface area contributed by atoms with Crippen LogP contribution in [0.4, 0.5) is 0 Å². The number of nitrogens with two attached hydrogens (primary N) is 1. The van der Waals surface area contributed by atoms with Crippen LogP contribution in [0.1, 0.15) is 31.2 Å². The zero-order valence-corrected chi connectivity index (χ0v) is 11.6. The lowest BCUT2D eigenvalue weighted by Crippen LogP contribution is -2.47. The summed E-state index contributed by atoms with van der Waals surface area (Å²) in [7, 11) is 2.21. The molecule has 0 spiro atoms. The van der Waals surface area contributed by atoms with Gasteiger partial charge in [-0.15, -0.1) is 0 Å². The van der Waals surface area contributed by atoms with E-state index in [1.54, 1.807) is 0 Å². The number of hydrogen-bond donors (Lipinski definition) is 2. The Kier molecular flexibility index (Phi) is 3.58. The predicted molar refractivity (Wildman–Crippen MR) is 80.0 cm³/mol. The molecule has 1 fully saturated rings. The molecular formula is C16H23N3. The summed E-state index contributed by atoms with van der Waals surface area (Å²) >= 11 is 0. The monoisotopic (exact) mass is 257 g/mol. The van der Waals surface area contributed by atoms with Crippen LogP contribution in [0, 0.1) is 0 Å². The Morgan fingerprint density at radius 3 is 2.89 bits per heavy atom. The van der Waals surface area contributed by atoms with Crippen LogP contribution in [0.5, 0.6) is 0 Å². The van der Waals surface area contributed by atoms with Gasteiger partial charge in [0.1, 0.15) is 0 Å². The van der Waals surface area contributed by atoms with Crippen LogP contribution in [-0.2, 0) is 6.54 Å². The molecule has 3 heteroatoms. The summed E-state index contributed by atoms with van der Waals surface area (Å²) in [6, 6.07) is 9.36. The Morgan fingerprint density at radius 2 is 2.05 bits per heavy atom. The Labute approximate surface area is 114 Å². The summed E-state index contributed by atoms with van der Waals surface area (Å²) in [5.41, 5.74) is 8.86. The highest BCUT2D eigenvalue weighted by Gasteiger charge is 2.25. The third kappa shape index (κ3) is 2.53. The molecule has 1 aliphatic carbocycles. The zero-order valence-electron chi connectivity index (χ0n) is 11.6. The molecule has 3 nitrogen and oxygen atoms in total. The van der Waals surface area contributed by atoms with Gasteiger partial charge in [0.15, 0.2) is 0 Å². The Morgan fingerprint density at radius 1 is 1.26 bits per heavy atom. The summed E-state index contributed by atoms with van der Waals surface area (Å²) in [4.78, 5) is 5.78. The minimum Gasteiger partial charge on any atom is -0.361 e. The van der Waals surface area contributed by atoms with E-state index < -0.39 is 0 Å². The minimum absolute atomic E-state index is 0.337. The zero-order chi connectivity index (χ0) is 13.2. The van der Waals surface area contributed by atoms with Crippen molar-refractivity contribution in [1.29, 1.82) is 0 Å². The second-order valence-corrected chi connectivity index (χ2v) is 5.79. The first-order chi connectivity index (χ1) is 9.25. The fourth-order valence-electron chi connectivity index (χ4n) is 3.34. The minimum atomic E-state index is 0.337. The molecule has 3 rings (SSSR count). The van der Waals surface area contributed by atoms with Gasteiger partial charge in [-0.3, -0.25) is 4.90 Å². The number of H-pyrrole nitrogens is 1. The fourth-order valence-corrected chi connectivity index (χ4v) is 3.34. The lowest BCUT2D eigenvalue weighted by molar-refractivity contribution is 0.163. The van der Waals surface area contributed by atoms with Crippen molar-refractivity contribution in [3.05, 3.63) is 36.0 Å². The normalized spacial score (nSPS) is 24.2. The van der Waals surface area contributed by atoms with Crippen molar-refractivity contribution in [3.8, 4) is 0 Å². The molecule has 3 N–H and O–H groups in total. The maximum atomic E-state index is 6.27. The molecule has 1 heterocycles. The van der Waals surface area contributed by atoms with E-state index in [1.807, 2.05) is 0 Å². The van der Waals surface area contributed by atoms with Gasteiger partial charge in [-0.2, -0.15) is 0 Å². The number of aromatic nitrogens is 1. The maximum absolute atomic E-state index is 6.27. The van der Waals surface area contributed by atoms with Crippen LogP contribution < -0.4 is 5.73 Å². The highest BCUT2D eigenvalue weighted by molar-refractivity contribution is 5.82. The number of fused-ring (bicyclic) bond motifs is 1. The smallest absolute Gasteiger partial charge is 0.0457 e. The molecule has 2 aromatic rings. The Balaban J connectivity index is 1.77. The quantitative estimate of drug-likeness (QED) is 0.888. The molecule has 1 aliphatic rings. The van der Waals surface area contributed by atoms with Crippen molar-refractivity contribution < 1.29 is 0 Å². The van der Waals surface area contributed by atoms with Crippen LogP contribution in [0.25, 0.3) is 10.9 Å². The first kappa shape index (κ1) is 12.7. The average molecular weight is 257 g/mol. The van der Waals surface area contributed by atoms with E-state index in [4.69, 9.17) is 5.73 Å². The summed E-state index contributed by atoms with van der Waals surface area (Å²) in [5.74, 6) is 0. The Hall–Kier alpha value is -1.32. The molecule has 1 aromatic heterocycles. The van der Waals surface area contributed by atoms with Crippen LogP contribution in [0.15, 0.2) is 30.5 Å². The van der Waals surface area contributed by atoms with E-state index >= 15 is 0 Å². The Bertz CT molecular complexity index is 546. The number of para-hydroxylation sites is 1. The van der Waals surface area contributed by atoms with Gasteiger partial charge in [0.05, 0.1) is 0 Å². The standard InChI is InChI=1S/C16H23N3/c1-19(16-9-5-3-7-14(16)17)11-12-10-18-15-8-4-2-6-13(12)15/h2,4,6,8,10,14,16,18H,3,5,7,9,11,17H2,1H3. The number of hydrogen-bond acceptors (Lipinski definition) is 2. The highest BCUT2D eigenvalue weighted by Crippen LogP contribution is 2.24. The predicted octanol–water partition coefficient (Wildman–Crippen LogP) is 2.87. The molecule has 0 bridgehead atoms. The van der Waals surface area contributed by atoms with Crippen LogP contribution in [-0.4, -0.2) is 29.0 Å². The van der Waals surface area contributed by atoms with Gasteiger partial charge in [0.25, 0.3) is 0 Å². The number of benzene rings is 1. The first-order valence-electron chi connectivity index (χ1n) is 7.26. The number of nitrogens with one attached hydrogen (secondary N) is 1. The van der Waals surface area contributed by atoms with E-state index in [9.17, 15) is 0 Å². The van der Waals surface area contributed by atoms with E-state index in [0.29, 0.717) is 12.1 Å². The lowest BCUT2D eigenvalue weighted by atomic mass is 9.90. The summed E-state index contributed by atoms with van der Waals surface area (Å²) in [6.45, 7) is 0.975. The molecule has 0 saturated heterocycles. The van der Waals surface area contributed by atoms with Gasteiger partial charge in [-0.1, -0.05) is 31.0 Å². The molecule has 19 heavy (non-hydrogen) atoms. The molecule has 2 atom stereocenters. The first-order valence-corrected chi connectivity index (χ1v) is 7.26. The van der Waals surface area contributed by atoms with Crippen LogP contribution >= 0.6 is 0 Å². The van der Waals surface area contributed by atoms with Gasteiger partial charge in [0.2, 0.25) is 0 Å². The van der Waals surface area contributed by atoms with Crippen LogP contribution in [0.3, 0.4) is 0 Å². The van der Waals surface area contributed by atoms with E-state index in [1.165, 1.54) is 42.1 Å². The van der Waals surface area contributed by atoms with Gasteiger partial charge < -0.3 is 10.7 Å². The number of aromatic amines is 1. The second-order valence-electron chi connectivity index (χ2n) is 5.79. The van der Waals surface area contributed by atoms with Gasteiger partial charge in [0, 0.05) is 35.7 Å². The third-order valence-corrected chi connectivity index (χ3v) is 4.44. The topological polar surface area (TPSA) is 45.0 Å². The molecule has 2 unspecified atom stereocenters. The third-order valence-electron chi connectivity index (χ3n) is 4.44. The summed E-state index contributed by atoms with van der Waals surface area (Å²) < 4.78 is 0. The molecule has 102 valence electrons. The molecular weight excluding hydrogens is 234 g/mol. The van der Waals surface area contributed by atoms with E-state index in [2.05, 4.69) is 47.4 Å². The SMILES string of the molecule is CN(Cc1c[nH]c2ccccc12)C1CCCCC1N. The second kappa shape index (κ2) is 5.35. The van der Waals surface area contributed by atoms with E-state index in [0.717, 1.165) is 6.54 Å². The van der Waals surface area contributed by atoms with Crippen LogP contribution in [0.2, 0.25) is 0 Å². The number of likely N-dealkylation sites (N-methyl/N-ethyl adjacent to an activating group) is 1. The van der Waals surface area contributed by atoms with Crippen molar-refractivity contribution in [1.82, 2.24) is 9.88 Å². The molecule has 0 aliphatic heterocycles. The highest BCUT2D eigenvalue weighted by atomic mass is 15.1. The van der Waals surface area contributed by atoms with Crippen molar-refractivity contribution in [3.63, 3.8) is 0 Å². The number of nitrogens with zero attached hydrogens (tertiary/aromatic N) is 1. The van der Waals surface area contributed by atoms with Gasteiger partial charge >= 0.3 is 0 Å².